The minimum absolute atomic E-state index is 0.0703. The molecule has 1 fully saturated rings. The summed E-state index contributed by atoms with van der Waals surface area (Å²) in [5.74, 6) is 1.83. The van der Waals surface area contributed by atoms with Gasteiger partial charge >= 0.3 is 5.97 Å². The first-order valence-electron chi connectivity index (χ1n) is 11.2. The number of nitrogens with zero attached hydrogens (tertiary/aromatic N) is 1. The molecule has 1 saturated heterocycles. The Morgan fingerprint density at radius 1 is 1.03 bits per heavy atom. The Balaban J connectivity index is 1.44. The molecule has 2 aromatic rings. The van der Waals surface area contributed by atoms with Gasteiger partial charge in [0.15, 0.2) is 0 Å². The maximum Gasteiger partial charge on any atom is 0.307 e. The predicted octanol–water partition coefficient (Wildman–Crippen LogP) is 5.62. The highest BCUT2D eigenvalue weighted by atomic mass is 16.5. The molecule has 2 heterocycles. The van der Waals surface area contributed by atoms with Crippen LogP contribution >= 0.6 is 0 Å². The van der Waals surface area contributed by atoms with Crippen molar-refractivity contribution in [1.82, 2.24) is 4.90 Å². The third-order valence-electron chi connectivity index (χ3n) is 6.05. The summed E-state index contributed by atoms with van der Waals surface area (Å²) in [5.41, 5.74) is 5.39. The Hall–Kier alpha value is -2.59. The van der Waals surface area contributed by atoms with Gasteiger partial charge < -0.3 is 14.4 Å². The van der Waals surface area contributed by atoms with Crippen molar-refractivity contribution in [2.24, 2.45) is 0 Å². The molecule has 2 aliphatic rings. The molecule has 0 radical (unpaired) electrons. The number of rotatable bonds is 6. The molecule has 2 aromatic carbocycles. The normalized spacial score (nSPS) is 16.3. The van der Waals surface area contributed by atoms with Gasteiger partial charge in [0, 0.05) is 31.6 Å². The summed E-state index contributed by atoms with van der Waals surface area (Å²) < 4.78 is 11.5. The summed E-state index contributed by atoms with van der Waals surface area (Å²) in [7, 11) is 0. The van der Waals surface area contributed by atoms with Crippen LogP contribution in [0, 0.1) is 0 Å². The Labute approximate surface area is 179 Å². The quantitative estimate of drug-likeness (QED) is 0.462. The lowest BCUT2D eigenvalue weighted by Crippen LogP contribution is -2.33. The van der Waals surface area contributed by atoms with E-state index in [4.69, 9.17) is 9.47 Å². The number of para-hydroxylation sites is 2. The lowest BCUT2D eigenvalue weighted by Gasteiger charge is -2.29. The summed E-state index contributed by atoms with van der Waals surface area (Å²) in [4.78, 5) is 14.3. The van der Waals surface area contributed by atoms with E-state index in [0.717, 1.165) is 63.2 Å². The van der Waals surface area contributed by atoms with Crippen LogP contribution in [0.25, 0.3) is 5.57 Å². The lowest BCUT2D eigenvalue weighted by atomic mass is 9.89. The molecule has 0 bridgehead atoms. The number of benzene rings is 2. The fraction of sp³-hybridized carbons (Fsp3) is 0.423. The molecule has 0 aliphatic carbocycles. The van der Waals surface area contributed by atoms with Crippen molar-refractivity contribution < 1.29 is 14.3 Å². The topological polar surface area (TPSA) is 38.8 Å². The summed E-state index contributed by atoms with van der Waals surface area (Å²) in [6, 6.07) is 16.7. The molecule has 158 valence electrons. The first-order valence-corrected chi connectivity index (χ1v) is 11.2. The van der Waals surface area contributed by atoms with Gasteiger partial charge in [-0.1, -0.05) is 55.3 Å². The van der Waals surface area contributed by atoms with E-state index < -0.39 is 0 Å². The molecule has 2 aliphatic heterocycles. The van der Waals surface area contributed by atoms with Crippen molar-refractivity contribution >= 4 is 11.5 Å². The smallest absolute Gasteiger partial charge is 0.307 e. The van der Waals surface area contributed by atoms with Gasteiger partial charge in [0.1, 0.15) is 11.5 Å². The molecular weight excluding hydrogens is 374 g/mol. The Morgan fingerprint density at radius 2 is 1.77 bits per heavy atom. The largest absolute Gasteiger partial charge is 0.466 e. The SMILES string of the molecule is CCCCOC(=O)CCN1CCC(=C2Cc3ccccc3Oc3ccccc32)CC1. The number of ether oxygens (including phenoxy) is 2. The molecule has 0 saturated carbocycles. The number of carbonyl (C=O) groups is 1. The van der Waals surface area contributed by atoms with Crippen LogP contribution < -0.4 is 4.74 Å². The van der Waals surface area contributed by atoms with Crippen molar-refractivity contribution in [2.45, 2.75) is 45.4 Å². The minimum Gasteiger partial charge on any atom is -0.466 e. The number of hydrogen-bond donors (Lipinski definition) is 0. The molecule has 0 spiro atoms. The summed E-state index contributed by atoms with van der Waals surface area (Å²) in [5, 5.41) is 0. The second-order valence-electron chi connectivity index (χ2n) is 8.13. The highest BCUT2D eigenvalue weighted by molar-refractivity contribution is 5.77. The number of fused-ring (bicyclic) bond motifs is 2. The van der Waals surface area contributed by atoms with Gasteiger partial charge in [-0.05, 0) is 42.5 Å². The highest BCUT2D eigenvalue weighted by Gasteiger charge is 2.23. The first-order chi connectivity index (χ1) is 14.7. The van der Waals surface area contributed by atoms with Crippen LogP contribution in [0.5, 0.6) is 11.5 Å². The first kappa shape index (κ1) is 20.7. The van der Waals surface area contributed by atoms with Gasteiger partial charge in [-0.3, -0.25) is 4.79 Å². The Morgan fingerprint density at radius 3 is 2.57 bits per heavy atom. The number of carbonyl (C=O) groups excluding carboxylic acids is 1. The fourth-order valence-electron chi connectivity index (χ4n) is 4.27. The van der Waals surface area contributed by atoms with Crippen molar-refractivity contribution in [2.75, 3.05) is 26.2 Å². The van der Waals surface area contributed by atoms with Gasteiger partial charge in [-0.15, -0.1) is 0 Å². The molecule has 4 heteroatoms. The average Bonchev–Trinajstić information content (AvgIpc) is 2.95. The Bertz CT molecular complexity index is 908. The minimum atomic E-state index is -0.0703. The number of likely N-dealkylation sites (tertiary alicyclic amines) is 1. The highest BCUT2D eigenvalue weighted by Crippen LogP contribution is 2.41. The maximum atomic E-state index is 11.9. The third kappa shape index (κ3) is 4.93. The van der Waals surface area contributed by atoms with E-state index in [9.17, 15) is 4.79 Å². The molecule has 0 unspecified atom stereocenters. The molecule has 4 nitrogen and oxygen atoms in total. The van der Waals surface area contributed by atoms with Crippen LogP contribution in [0.3, 0.4) is 0 Å². The average molecular weight is 406 g/mol. The van der Waals surface area contributed by atoms with E-state index in [2.05, 4.69) is 48.2 Å². The molecule has 0 N–H and O–H groups in total. The second-order valence-corrected chi connectivity index (χ2v) is 8.13. The van der Waals surface area contributed by atoms with Crippen molar-refractivity contribution in [3.63, 3.8) is 0 Å². The standard InChI is InChI=1S/C26H31NO3/c1-2-3-18-29-26(28)14-17-27-15-12-20(13-16-27)23-19-21-8-4-6-10-24(21)30-25-11-7-5-9-22(23)25/h4-11H,2-3,12-19H2,1H3. The molecular formula is C26H31NO3. The van der Waals surface area contributed by atoms with Crippen LogP contribution in [0.15, 0.2) is 54.1 Å². The molecule has 30 heavy (non-hydrogen) atoms. The van der Waals surface area contributed by atoms with Crippen LogP contribution in [-0.4, -0.2) is 37.1 Å². The van der Waals surface area contributed by atoms with Gasteiger partial charge in [-0.2, -0.15) is 0 Å². The number of unbranched alkanes of at least 4 members (excludes halogenated alkanes) is 1. The number of esters is 1. The summed E-state index contributed by atoms with van der Waals surface area (Å²) in [6.07, 6.45) is 5.47. The van der Waals surface area contributed by atoms with Gasteiger partial charge in [-0.25, -0.2) is 0 Å². The van der Waals surface area contributed by atoms with Crippen LogP contribution in [0.1, 0.15) is 50.2 Å². The number of piperidine rings is 1. The van der Waals surface area contributed by atoms with Crippen LogP contribution in [0.2, 0.25) is 0 Å². The summed E-state index contributed by atoms with van der Waals surface area (Å²) in [6.45, 7) is 5.42. The van der Waals surface area contributed by atoms with E-state index in [1.54, 1.807) is 0 Å². The predicted molar refractivity (Wildman–Crippen MR) is 120 cm³/mol. The number of hydrogen-bond acceptors (Lipinski definition) is 4. The van der Waals surface area contributed by atoms with Crippen LogP contribution in [-0.2, 0) is 16.0 Å². The number of allylic oxidation sites excluding steroid dienone is 1. The van der Waals surface area contributed by atoms with Gasteiger partial charge in [0.05, 0.1) is 13.0 Å². The maximum absolute atomic E-state index is 11.9. The van der Waals surface area contributed by atoms with E-state index in [1.165, 1.54) is 22.3 Å². The van der Waals surface area contributed by atoms with Crippen molar-refractivity contribution in [3.8, 4) is 11.5 Å². The van der Waals surface area contributed by atoms with E-state index in [0.29, 0.717) is 13.0 Å². The van der Waals surface area contributed by atoms with E-state index in [-0.39, 0.29) is 5.97 Å². The van der Waals surface area contributed by atoms with Crippen molar-refractivity contribution in [3.05, 3.63) is 65.2 Å². The second kappa shape index (κ2) is 9.94. The third-order valence-corrected chi connectivity index (χ3v) is 6.05. The monoisotopic (exact) mass is 405 g/mol. The zero-order valence-electron chi connectivity index (χ0n) is 17.9. The van der Waals surface area contributed by atoms with Crippen LogP contribution in [0.4, 0.5) is 0 Å². The summed E-state index contributed by atoms with van der Waals surface area (Å²) >= 11 is 0. The fourth-order valence-corrected chi connectivity index (χ4v) is 4.27. The molecule has 0 aromatic heterocycles. The molecule has 0 amide bonds. The molecule has 4 rings (SSSR count). The van der Waals surface area contributed by atoms with E-state index >= 15 is 0 Å². The van der Waals surface area contributed by atoms with Gasteiger partial charge in [0.25, 0.3) is 0 Å². The molecule has 0 atom stereocenters. The van der Waals surface area contributed by atoms with Crippen molar-refractivity contribution in [1.29, 1.82) is 0 Å². The van der Waals surface area contributed by atoms with Gasteiger partial charge in [0.2, 0.25) is 0 Å². The van der Waals surface area contributed by atoms with E-state index in [1.807, 2.05) is 12.1 Å². The Kier molecular flexibility index (Phi) is 6.85. The zero-order valence-corrected chi connectivity index (χ0v) is 17.9. The zero-order chi connectivity index (χ0) is 20.8. The lowest BCUT2D eigenvalue weighted by molar-refractivity contribution is -0.144.